The van der Waals surface area contributed by atoms with E-state index in [9.17, 15) is 0 Å². The van der Waals surface area contributed by atoms with Crippen LogP contribution in [0.5, 0.6) is 0 Å². The molecule has 0 radical (unpaired) electrons. The number of likely N-dealkylation sites (tertiary alicyclic amines) is 1. The van der Waals surface area contributed by atoms with Crippen molar-refractivity contribution >= 4 is 0 Å². The minimum absolute atomic E-state index is 0.788. The van der Waals surface area contributed by atoms with Gasteiger partial charge in [-0.25, -0.2) is 0 Å². The number of nitrogens with one attached hydrogen (secondary N) is 1. The second-order valence-corrected chi connectivity index (χ2v) is 6.13. The van der Waals surface area contributed by atoms with E-state index in [1.807, 2.05) is 0 Å². The standard InChI is InChI=1S/C14H27N3/c1-15-12-10-13-4-5-14(11-12)17(13)9-8-16-6-2-3-7-16/h12-15H,2-11H2,1H3. The predicted octanol–water partition coefficient (Wildman–Crippen LogP) is 1.30. The molecule has 3 heterocycles. The van der Waals surface area contributed by atoms with Gasteiger partial charge in [0.05, 0.1) is 0 Å². The molecule has 0 aromatic carbocycles. The molecule has 98 valence electrons. The van der Waals surface area contributed by atoms with Crippen molar-refractivity contribution in [2.24, 2.45) is 0 Å². The summed E-state index contributed by atoms with van der Waals surface area (Å²) in [6, 6.07) is 2.55. The molecule has 3 aliphatic rings. The molecule has 0 spiro atoms. The molecule has 0 aromatic heterocycles. The molecule has 0 saturated carbocycles. The summed E-state index contributed by atoms with van der Waals surface area (Å²) in [5.41, 5.74) is 0. The topological polar surface area (TPSA) is 18.5 Å². The van der Waals surface area contributed by atoms with Crippen LogP contribution in [0, 0.1) is 0 Å². The van der Waals surface area contributed by atoms with Gasteiger partial charge in [0.25, 0.3) is 0 Å². The minimum atomic E-state index is 0.788. The Kier molecular flexibility index (Phi) is 3.69. The van der Waals surface area contributed by atoms with Crippen LogP contribution < -0.4 is 5.32 Å². The Morgan fingerprint density at radius 2 is 1.65 bits per heavy atom. The van der Waals surface area contributed by atoms with Crippen molar-refractivity contribution in [2.45, 2.75) is 56.7 Å². The fourth-order valence-electron chi connectivity index (χ4n) is 4.14. The lowest BCUT2D eigenvalue weighted by Crippen LogP contribution is -2.50. The van der Waals surface area contributed by atoms with Crippen LogP contribution >= 0.6 is 0 Å². The first-order valence-corrected chi connectivity index (χ1v) is 7.52. The highest BCUT2D eigenvalue weighted by Gasteiger charge is 2.39. The molecule has 3 aliphatic heterocycles. The maximum Gasteiger partial charge on any atom is 0.0115 e. The molecule has 3 rings (SSSR count). The lowest BCUT2D eigenvalue weighted by atomic mass is 9.97. The average molecular weight is 237 g/mol. The molecule has 1 N–H and O–H groups in total. The molecule has 0 aromatic rings. The van der Waals surface area contributed by atoms with Crippen LogP contribution in [0.4, 0.5) is 0 Å². The molecular formula is C14H27N3. The average Bonchev–Trinajstić information content (AvgIpc) is 2.93. The molecule has 2 atom stereocenters. The van der Waals surface area contributed by atoms with Crippen molar-refractivity contribution in [3.8, 4) is 0 Å². The summed E-state index contributed by atoms with van der Waals surface area (Å²) in [7, 11) is 2.13. The number of nitrogens with zero attached hydrogens (tertiary/aromatic N) is 2. The van der Waals surface area contributed by atoms with Gasteiger partial charge >= 0.3 is 0 Å². The van der Waals surface area contributed by atoms with Gasteiger partial charge in [0.15, 0.2) is 0 Å². The second-order valence-electron chi connectivity index (χ2n) is 6.13. The van der Waals surface area contributed by atoms with E-state index < -0.39 is 0 Å². The van der Waals surface area contributed by atoms with E-state index in [2.05, 4.69) is 22.2 Å². The number of piperidine rings is 1. The van der Waals surface area contributed by atoms with Gasteiger partial charge in [-0.2, -0.15) is 0 Å². The summed E-state index contributed by atoms with van der Waals surface area (Å²) in [5.74, 6) is 0. The van der Waals surface area contributed by atoms with Gasteiger partial charge in [0.1, 0.15) is 0 Å². The summed E-state index contributed by atoms with van der Waals surface area (Å²) in [5, 5.41) is 3.49. The minimum Gasteiger partial charge on any atom is -0.317 e. The zero-order valence-electron chi connectivity index (χ0n) is 11.2. The van der Waals surface area contributed by atoms with E-state index in [1.165, 1.54) is 64.7 Å². The Bertz CT molecular complexity index is 236. The first kappa shape index (κ1) is 11.9. The van der Waals surface area contributed by atoms with Crippen molar-refractivity contribution in [2.75, 3.05) is 33.2 Å². The van der Waals surface area contributed by atoms with Crippen LogP contribution in [0.1, 0.15) is 38.5 Å². The highest BCUT2D eigenvalue weighted by Crippen LogP contribution is 2.35. The van der Waals surface area contributed by atoms with Crippen molar-refractivity contribution in [1.29, 1.82) is 0 Å². The first-order valence-electron chi connectivity index (χ1n) is 7.52. The quantitative estimate of drug-likeness (QED) is 0.795. The van der Waals surface area contributed by atoms with Crippen molar-refractivity contribution < 1.29 is 0 Å². The highest BCUT2D eigenvalue weighted by molar-refractivity contribution is 4.97. The van der Waals surface area contributed by atoms with Gasteiger partial charge in [-0.1, -0.05) is 0 Å². The molecule has 2 bridgehead atoms. The summed E-state index contributed by atoms with van der Waals surface area (Å²) in [6.07, 6.45) is 8.51. The van der Waals surface area contributed by atoms with Crippen molar-refractivity contribution in [3.63, 3.8) is 0 Å². The Balaban J connectivity index is 1.50. The lowest BCUT2D eigenvalue weighted by molar-refractivity contribution is 0.106. The zero-order valence-corrected chi connectivity index (χ0v) is 11.2. The zero-order chi connectivity index (χ0) is 11.7. The third-order valence-electron chi connectivity index (χ3n) is 5.17. The van der Waals surface area contributed by atoms with E-state index in [0.29, 0.717) is 0 Å². The summed E-state index contributed by atoms with van der Waals surface area (Å²) in [6.45, 7) is 5.34. The predicted molar refractivity (Wildman–Crippen MR) is 71.3 cm³/mol. The van der Waals surface area contributed by atoms with E-state index in [0.717, 1.165) is 18.1 Å². The van der Waals surface area contributed by atoms with Crippen molar-refractivity contribution in [3.05, 3.63) is 0 Å². The maximum absolute atomic E-state index is 3.49. The van der Waals surface area contributed by atoms with Crippen LogP contribution in [-0.4, -0.2) is 61.2 Å². The van der Waals surface area contributed by atoms with Gasteiger partial charge in [0, 0.05) is 31.2 Å². The lowest BCUT2D eigenvalue weighted by Gasteiger charge is -2.39. The highest BCUT2D eigenvalue weighted by atomic mass is 15.3. The van der Waals surface area contributed by atoms with Crippen LogP contribution in [-0.2, 0) is 0 Å². The second kappa shape index (κ2) is 5.25. The normalized spacial score (nSPS) is 39.0. The number of hydrogen-bond donors (Lipinski definition) is 1. The number of rotatable bonds is 4. The fourth-order valence-corrected chi connectivity index (χ4v) is 4.14. The summed E-state index contributed by atoms with van der Waals surface area (Å²) < 4.78 is 0. The van der Waals surface area contributed by atoms with Gasteiger partial charge in [-0.15, -0.1) is 0 Å². The van der Waals surface area contributed by atoms with E-state index in [4.69, 9.17) is 0 Å². The van der Waals surface area contributed by atoms with Gasteiger partial charge in [-0.05, 0) is 58.7 Å². The third-order valence-corrected chi connectivity index (χ3v) is 5.17. The van der Waals surface area contributed by atoms with Crippen LogP contribution in [0.2, 0.25) is 0 Å². The molecule has 3 nitrogen and oxygen atoms in total. The molecule has 3 heteroatoms. The summed E-state index contributed by atoms with van der Waals surface area (Å²) >= 11 is 0. The first-order chi connectivity index (χ1) is 8.36. The van der Waals surface area contributed by atoms with Crippen LogP contribution in [0.3, 0.4) is 0 Å². The van der Waals surface area contributed by atoms with Gasteiger partial charge in [0.2, 0.25) is 0 Å². The van der Waals surface area contributed by atoms with E-state index in [-0.39, 0.29) is 0 Å². The number of hydrogen-bond acceptors (Lipinski definition) is 3. The molecule has 3 fully saturated rings. The Morgan fingerprint density at radius 3 is 2.24 bits per heavy atom. The van der Waals surface area contributed by atoms with Gasteiger partial charge in [-0.3, -0.25) is 4.90 Å². The fraction of sp³-hybridized carbons (Fsp3) is 1.00. The molecule has 17 heavy (non-hydrogen) atoms. The maximum atomic E-state index is 3.49. The largest absolute Gasteiger partial charge is 0.317 e. The third kappa shape index (κ3) is 2.51. The van der Waals surface area contributed by atoms with E-state index >= 15 is 0 Å². The SMILES string of the molecule is CNC1CC2CCC(C1)N2CCN1CCCC1. The van der Waals surface area contributed by atoms with Crippen molar-refractivity contribution in [1.82, 2.24) is 15.1 Å². The molecule has 3 saturated heterocycles. The van der Waals surface area contributed by atoms with Crippen LogP contribution in [0.25, 0.3) is 0 Å². The smallest absolute Gasteiger partial charge is 0.0115 e. The Labute approximate surface area is 106 Å². The monoisotopic (exact) mass is 237 g/mol. The summed E-state index contributed by atoms with van der Waals surface area (Å²) in [4.78, 5) is 5.48. The number of fused-ring (bicyclic) bond motifs is 2. The molecule has 0 aliphatic carbocycles. The van der Waals surface area contributed by atoms with E-state index in [1.54, 1.807) is 0 Å². The van der Waals surface area contributed by atoms with Gasteiger partial charge < -0.3 is 10.2 Å². The molecule has 2 unspecified atom stereocenters. The van der Waals surface area contributed by atoms with Crippen LogP contribution in [0.15, 0.2) is 0 Å². The Hall–Kier alpha value is -0.120. The Morgan fingerprint density at radius 1 is 1.00 bits per heavy atom. The molecule has 0 amide bonds. The molecular weight excluding hydrogens is 210 g/mol.